The third-order valence-corrected chi connectivity index (χ3v) is 4.26. The summed E-state index contributed by atoms with van der Waals surface area (Å²) in [6.45, 7) is 1.54. The van der Waals surface area contributed by atoms with Crippen LogP contribution in [0.25, 0.3) is 5.69 Å². The summed E-state index contributed by atoms with van der Waals surface area (Å²) >= 11 is 0. The van der Waals surface area contributed by atoms with E-state index >= 15 is 0 Å². The second kappa shape index (κ2) is 7.93. The van der Waals surface area contributed by atoms with Crippen LogP contribution in [0.4, 0.5) is 23.2 Å². The predicted molar refractivity (Wildman–Crippen MR) is 98.8 cm³/mol. The highest BCUT2D eigenvalue weighted by Crippen LogP contribution is 2.33. The van der Waals surface area contributed by atoms with Gasteiger partial charge in [-0.1, -0.05) is 17.3 Å². The van der Waals surface area contributed by atoms with E-state index in [0.717, 1.165) is 12.1 Å². The number of nitrogens with zero attached hydrogens (tertiary/aromatic N) is 3. The van der Waals surface area contributed by atoms with E-state index in [1.165, 1.54) is 44.3 Å². The molecule has 0 spiro atoms. The maximum atomic E-state index is 13.7. The first-order chi connectivity index (χ1) is 14.1. The summed E-state index contributed by atoms with van der Waals surface area (Å²) in [6.07, 6.45) is -5.00. The zero-order chi connectivity index (χ0) is 22.1. The molecule has 0 aliphatic carbocycles. The number of amides is 2. The molecule has 0 saturated carbocycles. The first-order valence-corrected chi connectivity index (χ1v) is 8.55. The van der Waals surface area contributed by atoms with Gasteiger partial charge < -0.3 is 10.6 Å². The molecule has 2 amide bonds. The van der Waals surface area contributed by atoms with Crippen LogP contribution in [0.3, 0.4) is 0 Å². The normalized spacial score (nSPS) is 11.3. The number of halogens is 4. The molecule has 2 aromatic carbocycles. The van der Waals surface area contributed by atoms with Crippen LogP contribution in [0.5, 0.6) is 0 Å². The molecule has 1 aromatic heterocycles. The van der Waals surface area contributed by atoms with Gasteiger partial charge in [0.05, 0.1) is 5.69 Å². The molecule has 0 saturated heterocycles. The first kappa shape index (κ1) is 21.0. The lowest BCUT2D eigenvalue weighted by Gasteiger charge is -2.13. The number of hydrogen-bond donors (Lipinski definition) is 2. The van der Waals surface area contributed by atoms with Crippen molar-refractivity contribution in [3.05, 3.63) is 70.8 Å². The lowest BCUT2D eigenvalue weighted by atomic mass is 10.1. The van der Waals surface area contributed by atoms with Crippen LogP contribution >= 0.6 is 0 Å². The Bertz CT molecular complexity index is 1120. The molecule has 1 heterocycles. The number of rotatable bonds is 4. The topological polar surface area (TPSA) is 88.9 Å². The van der Waals surface area contributed by atoms with Crippen molar-refractivity contribution < 1.29 is 27.2 Å². The standard InChI is InChI=1S/C19H15F4N5O2/c1-10-13(17(29)24-2)7-4-8-14(10)25-18(30)15-16(19(21,22)23)28(27-26-15)12-6-3-5-11(20)9-12/h3-9H,1-2H3,(H,24,29)(H,25,30). The SMILES string of the molecule is CNC(=O)c1cccc(NC(=O)c2nnn(-c3cccc(F)c3)c2C(F)(F)F)c1C. The van der Waals surface area contributed by atoms with Crippen molar-refractivity contribution in [3.63, 3.8) is 0 Å². The molecule has 30 heavy (non-hydrogen) atoms. The van der Waals surface area contributed by atoms with Crippen LogP contribution in [-0.4, -0.2) is 33.9 Å². The van der Waals surface area contributed by atoms with Crippen LogP contribution in [0.2, 0.25) is 0 Å². The molecular weight excluding hydrogens is 406 g/mol. The zero-order valence-corrected chi connectivity index (χ0v) is 15.7. The third-order valence-electron chi connectivity index (χ3n) is 4.26. The molecule has 7 nitrogen and oxygen atoms in total. The number of aromatic nitrogens is 3. The van der Waals surface area contributed by atoms with Crippen molar-refractivity contribution in [3.8, 4) is 5.69 Å². The number of alkyl halides is 3. The van der Waals surface area contributed by atoms with E-state index in [2.05, 4.69) is 20.9 Å². The summed E-state index contributed by atoms with van der Waals surface area (Å²) in [7, 11) is 1.42. The average Bonchev–Trinajstić information content (AvgIpc) is 3.15. The molecule has 156 valence electrons. The van der Waals surface area contributed by atoms with Crippen molar-refractivity contribution in [2.24, 2.45) is 0 Å². The number of hydrogen-bond acceptors (Lipinski definition) is 4. The van der Waals surface area contributed by atoms with Crippen LogP contribution in [0.1, 0.15) is 32.1 Å². The maximum Gasteiger partial charge on any atom is 0.435 e. The van der Waals surface area contributed by atoms with E-state index in [1.54, 1.807) is 0 Å². The Morgan fingerprint density at radius 1 is 1.07 bits per heavy atom. The Kier molecular flexibility index (Phi) is 5.54. The highest BCUT2D eigenvalue weighted by molar-refractivity contribution is 6.05. The second-order valence-electron chi connectivity index (χ2n) is 6.19. The molecule has 3 rings (SSSR count). The van der Waals surface area contributed by atoms with Gasteiger partial charge in [0, 0.05) is 18.3 Å². The monoisotopic (exact) mass is 421 g/mol. The van der Waals surface area contributed by atoms with Crippen LogP contribution in [0, 0.1) is 12.7 Å². The smallest absolute Gasteiger partial charge is 0.355 e. The zero-order valence-electron chi connectivity index (χ0n) is 15.7. The van der Waals surface area contributed by atoms with E-state index < -0.39 is 35.2 Å². The number of carbonyl (C=O) groups is 2. The first-order valence-electron chi connectivity index (χ1n) is 8.55. The van der Waals surface area contributed by atoms with Gasteiger partial charge in [-0.25, -0.2) is 9.07 Å². The minimum atomic E-state index is -5.00. The van der Waals surface area contributed by atoms with Crippen LogP contribution in [-0.2, 0) is 6.18 Å². The van der Waals surface area contributed by atoms with Crippen molar-refractivity contribution in [1.82, 2.24) is 20.3 Å². The minimum Gasteiger partial charge on any atom is -0.355 e. The molecule has 0 radical (unpaired) electrons. The molecule has 0 aliphatic rings. The Balaban J connectivity index is 2.03. The van der Waals surface area contributed by atoms with Crippen molar-refractivity contribution in [1.29, 1.82) is 0 Å². The van der Waals surface area contributed by atoms with E-state index in [-0.39, 0.29) is 16.9 Å². The van der Waals surface area contributed by atoms with E-state index in [9.17, 15) is 27.2 Å². The quantitative estimate of drug-likeness (QED) is 0.633. The molecule has 3 aromatic rings. The van der Waals surface area contributed by atoms with E-state index in [1.807, 2.05) is 0 Å². The predicted octanol–water partition coefficient (Wildman–Crippen LogP) is 3.35. The summed E-state index contributed by atoms with van der Waals surface area (Å²) < 4.78 is 54.9. The Labute approximate surface area is 167 Å². The number of benzene rings is 2. The van der Waals surface area contributed by atoms with Gasteiger partial charge in [0.15, 0.2) is 11.4 Å². The summed E-state index contributed by atoms with van der Waals surface area (Å²) in [4.78, 5) is 24.5. The molecule has 2 N–H and O–H groups in total. The van der Waals surface area contributed by atoms with Gasteiger partial charge in [0.25, 0.3) is 11.8 Å². The fourth-order valence-electron chi connectivity index (χ4n) is 2.81. The largest absolute Gasteiger partial charge is 0.435 e. The van der Waals surface area contributed by atoms with Gasteiger partial charge in [-0.3, -0.25) is 9.59 Å². The Hall–Kier alpha value is -3.76. The molecule has 0 atom stereocenters. The molecule has 11 heteroatoms. The lowest BCUT2D eigenvalue weighted by Crippen LogP contribution is -2.23. The van der Waals surface area contributed by atoms with Gasteiger partial charge in [-0.15, -0.1) is 5.10 Å². The molecule has 0 aliphatic heterocycles. The lowest BCUT2D eigenvalue weighted by molar-refractivity contribution is -0.143. The molecule has 0 bridgehead atoms. The second-order valence-corrected chi connectivity index (χ2v) is 6.19. The Morgan fingerprint density at radius 3 is 2.40 bits per heavy atom. The third kappa shape index (κ3) is 4.00. The van der Waals surface area contributed by atoms with Crippen molar-refractivity contribution in [2.75, 3.05) is 12.4 Å². The Morgan fingerprint density at radius 2 is 1.77 bits per heavy atom. The van der Waals surface area contributed by atoms with Gasteiger partial charge in [0.1, 0.15) is 5.82 Å². The van der Waals surface area contributed by atoms with E-state index in [4.69, 9.17) is 0 Å². The molecule has 0 fully saturated rings. The molecular formula is C19H15F4N5O2. The number of anilines is 1. The average molecular weight is 421 g/mol. The van der Waals surface area contributed by atoms with Crippen LogP contribution < -0.4 is 10.6 Å². The highest BCUT2D eigenvalue weighted by atomic mass is 19.4. The van der Waals surface area contributed by atoms with Gasteiger partial charge in [-0.2, -0.15) is 13.2 Å². The van der Waals surface area contributed by atoms with Gasteiger partial charge >= 0.3 is 6.18 Å². The van der Waals surface area contributed by atoms with Crippen LogP contribution in [0.15, 0.2) is 42.5 Å². The summed E-state index contributed by atoms with van der Waals surface area (Å²) in [5.74, 6) is -2.37. The summed E-state index contributed by atoms with van der Waals surface area (Å²) in [5, 5.41) is 11.5. The fourth-order valence-corrected chi connectivity index (χ4v) is 2.81. The highest BCUT2D eigenvalue weighted by Gasteiger charge is 2.42. The number of carbonyl (C=O) groups excluding carboxylic acids is 2. The number of nitrogens with one attached hydrogen (secondary N) is 2. The maximum absolute atomic E-state index is 13.7. The van der Waals surface area contributed by atoms with Crippen molar-refractivity contribution in [2.45, 2.75) is 13.1 Å². The van der Waals surface area contributed by atoms with Crippen molar-refractivity contribution >= 4 is 17.5 Å². The van der Waals surface area contributed by atoms with Gasteiger partial charge in [0.2, 0.25) is 0 Å². The molecule has 0 unspecified atom stereocenters. The summed E-state index contributed by atoms with van der Waals surface area (Å²) in [5.41, 5.74) is -1.95. The summed E-state index contributed by atoms with van der Waals surface area (Å²) in [6, 6.07) is 8.72. The van der Waals surface area contributed by atoms with Gasteiger partial charge in [-0.05, 0) is 42.8 Å². The fraction of sp³-hybridized carbons (Fsp3) is 0.158. The minimum absolute atomic E-state index is 0.134. The van der Waals surface area contributed by atoms with E-state index in [0.29, 0.717) is 10.2 Å².